The molecule has 2 aromatic rings. The van der Waals surface area contributed by atoms with Crippen LogP contribution in [0, 0.1) is 5.92 Å². The molecule has 2 atom stereocenters. The van der Waals surface area contributed by atoms with E-state index in [2.05, 4.69) is 28.4 Å². The fraction of sp³-hybridized carbons (Fsp3) is 0.500. The van der Waals surface area contributed by atoms with E-state index in [-0.39, 0.29) is 18.7 Å². The van der Waals surface area contributed by atoms with Crippen molar-refractivity contribution in [2.45, 2.75) is 38.3 Å². The number of aromatic nitrogens is 1. The van der Waals surface area contributed by atoms with Crippen LogP contribution in [-0.4, -0.2) is 41.9 Å². The van der Waals surface area contributed by atoms with Gasteiger partial charge in [-0.25, -0.2) is 0 Å². The van der Waals surface area contributed by atoms with Gasteiger partial charge in [0.2, 0.25) is 6.79 Å². The van der Waals surface area contributed by atoms with Crippen LogP contribution in [-0.2, 0) is 6.54 Å². The maximum absolute atomic E-state index is 12.5. The Morgan fingerprint density at radius 1 is 1.30 bits per heavy atom. The molecule has 27 heavy (non-hydrogen) atoms. The lowest BCUT2D eigenvalue weighted by Gasteiger charge is -2.17. The van der Waals surface area contributed by atoms with Gasteiger partial charge in [0.25, 0.3) is 5.91 Å². The number of amides is 1. The Hall–Kier alpha value is -2.54. The van der Waals surface area contributed by atoms with Gasteiger partial charge in [0.15, 0.2) is 17.2 Å². The van der Waals surface area contributed by atoms with E-state index in [1.807, 2.05) is 12.1 Å². The van der Waals surface area contributed by atoms with Crippen LogP contribution >= 0.6 is 0 Å². The maximum atomic E-state index is 12.5. The molecule has 142 valence electrons. The average molecular weight is 369 g/mol. The summed E-state index contributed by atoms with van der Waals surface area (Å²) in [6.45, 7) is 4.94. The summed E-state index contributed by atoms with van der Waals surface area (Å²) in [4.78, 5) is 14.9. The van der Waals surface area contributed by atoms with E-state index in [0.717, 1.165) is 55.3 Å². The number of hydrogen-bond acceptors (Lipinski definition) is 6. The highest BCUT2D eigenvalue weighted by Gasteiger charge is 2.33. The molecule has 0 spiro atoms. The fourth-order valence-corrected chi connectivity index (χ4v) is 3.94. The molecule has 0 unspecified atom stereocenters. The third-order valence-corrected chi connectivity index (χ3v) is 5.62. The first kappa shape index (κ1) is 16.6. The molecule has 1 aromatic heterocycles. The normalized spacial score (nSPS) is 24.3. The second kappa shape index (κ2) is 6.56. The van der Waals surface area contributed by atoms with E-state index < -0.39 is 0 Å². The quantitative estimate of drug-likeness (QED) is 0.873. The minimum absolute atomic E-state index is 0.0903. The Morgan fingerprint density at radius 3 is 3.04 bits per heavy atom. The number of carbonyl (C=O) groups excluding carboxylic acids is 1. The lowest BCUT2D eigenvalue weighted by atomic mass is 10.1. The van der Waals surface area contributed by atoms with Crippen molar-refractivity contribution in [1.82, 2.24) is 15.4 Å². The van der Waals surface area contributed by atoms with Crippen LogP contribution < -0.4 is 14.8 Å². The zero-order chi connectivity index (χ0) is 18.4. The summed E-state index contributed by atoms with van der Waals surface area (Å²) in [5.74, 6) is 3.15. The van der Waals surface area contributed by atoms with Crippen LogP contribution in [0.1, 0.15) is 47.5 Å². The molecular weight excluding hydrogens is 346 g/mol. The Kier molecular flexibility index (Phi) is 4.04. The molecule has 7 nitrogen and oxygen atoms in total. The Labute approximate surface area is 157 Å². The van der Waals surface area contributed by atoms with Crippen LogP contribution in [0.2, 0.25) is 0 Å². The summed E-state index contributed by atoms with van der Waals surface area (Å²) in [7, 11) is 0. The topological polar surface area (TPSA) is 76.8 Å². The first-order valence-corrected chi connectivity index (χ1v) is 9.54. The van der Waals surface area contributed by atoms with Crippen LogP contribution in [0.5, 0.6) is 11.5 Å². The molecule has 5 rings (SSSR count). The molecule has 1 aliphatic carbocycles. The monoisotopic (exact) mass is 369 g/mol. The van der Waals surface area contributed by atoms with Gasteiger partial charge in [0.1, 0.15) is 5.76 Å². The van der Waals surface area contributed by atoms with Crippen molar-refractivity contribution in [2.75, 3.05) is 19.9 Å². The third-order valence-electron chi connectivity index (χ3n) is 5.62. The number of benzene rings is 1. The third kappa shape index (κ3) is 3.27. The number of carbonyl (C=O) groups is 1. The van der Waals surface area contributed by atoms with Gasteiger partial charge >= 0.3 is 0 Å². The van der Waals surface area contributed by atoms with Gasteiger partial charge in [-0.2, -0.15) is 0 Å². The predicted molar refractivity (Wildman–Crippen MR) is 96.7 cm³/mol. The highest BCUT2D eigenvalue weighted by Crippen LogP contribution is 2.40. The average Bonchev–Trinajstić information content (AvgIpc) is 3.07. The second-order valence-electron chi connectivity index (χ2n) is 7.79. The van der Waals surface area contributed by atoms with Gasteiger partial charge in [-0.3, -0.25) is 9.69 Å². The van der Waals surface area contributed by atoms with Gasteiger partial charge in [0, 0.05) is 43.2 Å². The summed E-state index contributed by atoms with van der Waals surface area (Å²) in [6, 6.07) is 7.86. The molecule has 1 N–H and O–H groups in total. The highest BCUT2D eigenvalue weighted by molar-refractivity contribution is 5.92. The van der Waals surface area contributed by atoms with Crippen LogP contribution in [0.25, 0.3) is 0 Å². The molecule has 2 aliphatic heterocycles. The number of likely N-dealkylation sites (tertiary alicyclic amines) is 1. The molecule has 0 bridgehead atoms. The minimum Gasteiger partial charge on any atom is -0.454 e. The number of rotatable bonds is 5. The van der Waals surface area contributed by atoms with Crippen LogP contribution in [0.15, 0.2) is 28.8 Å². The van der Waals surface area contributed by atoms with Crippen molar-refractivity contribution in [1.29, 1.82) is 0 Å². The summed E-state index contributed by atoms with van der Waals surface area (Å²) < 4.78 is 16.4. The van der Waals surface area contributed by atoms with Gasteiger partial charge in [-0.05, 0) is 24.8 Å². The molecule has 3 aliphatic rings. The molecule has 1 aromatic carbocycles. The van der Waals surface area contributed by atoms with Crippen LogP contribution in [0.4, 0.5) is 0 Å². The van der Waals surface area contributed by atoms with E-state index in [0.29, 0.717) is 17.5 Å². The number of nitrogens with one attached hydrogen (secondary N) is 1. The van der Waals surface area contributed by atoms with Crippen molar-refractivity contribution in [3.63, 3.8) is 0 Å². The summed E-state index contributed by atoms with van der Waals surface area (Å²) in [5, 5.41) is 7.07. The van der Waals surface area contributed by atoms with E-state index in [1.165, 1.54) is 0 Å². The summed E-state index contributed by atoms with van der Waals surface area (Å²) in [6.07, 6.45) is 2.26. The Morgan fingerprint density at radius 2 is 2.19 bits per heavy atom. The predicted octanol–water partition coefficient (Wildman–Crippen LogP) is 2.53. The summed E-state index contributed by atoms with van der Waals surface area (Å²) in [5.41, 5.74) is 1.50. The standard InChI is InChI=1S/C20H23N3O4/c1-12-8-23(9-14-3-2-4-17-19(14)26-11-25-17)10-16(12)21-20(24)15-7-18(27-22-15)13-5-6-13/h2-4,7,12-13,16H,5-6,8-11H2,1H3,(H,21,24)/t12-,16-/m1/s1. The molecule has 1 saturated heterocycles. The zero-order valence-corrected chi connectivity index (χ0v) is 15.3. The number of fused-ring (bicyclic) bond motifs is 1. The van der Waals surface area contributed by atoms with E-state index >= 15 is 0 Å². The second-order valence-corrected chi connectivity index (χ2v) is 7.79. The highest BCUT2D eigenvalue weighted by atomic mass is 16.7. The lowest BCUT2D eigenvalue weighted by Crippen LogP contribution is -2.40. The molecular formula is C20H23N3O4. The van der Waals surface area contributed by atoms with Gasteiger partial charge in [-0.15, -0.1) is 0 Å². The zero-order valence-electron chi connectivity index (χ0n) is 15.3. The first-order valence-electron chi connectivity index (χ1n) is 9.54. The van der Waals surface area contributed by atoms with Gasteiger partial charge < -0.3 is 19.3 Å². The lowest BCUT2D eigenvalue weighted by molar-refractivity contribution is 0.0922. The van der Waals surface area contributed by atoms with E-state index in [9.17, 15) is 4.79 Å². The van der Waals surface area contributed by atoms with Crippen molar-refractivity contribution < 1.29 is 18.8 Å². The maximum Gasteiger partial charge on any atom is 0.273 e. The van der Waals surface area contributed by atoms with Gasteiger partial charge in [0.05, 0.1) is 0 Å². The van der Waals surface area contributed by atoms with Crippen molar-refractivity contribution in [3.8, 4) is 11.5 Å². The molecule has 1 amide bonds. The first-order chi connectivity index (χ1) is 13.2. The van der Waals surface area contributed by atoms with Crippen molar-refractivity contribution in [3.05, 3.63) is 41.3 Å². The van der Waals surface area contributed by atoms with Crippen molar-refractivity contribution >= 4 is 5.91 Å². The molecule has 1 saturated carbocycles. The van der Waals surface area contributed by atoms with E-state index in [4.69, 9.17) is 14.0 Å². The van der Waals surface area contributed by atoms with Gasteiger partial charge in [-0.1, -0.05) is 24.2 Å². The summed E-state index contributed by atoms with van der Waals surface area (Å²) >= 11 is 0. The molecule has 2 fully saturated rings. The fourth-order valence-electron chi connectivity index (χ4n) is 3.94. The Bertz CT molecular complexity index is 861. The largest absolute Gasteiger partial charge is 0.454 e. The number of nitrogens with zero attached hydrogens (tertiary/aromatic N) is 2. The van der Waals surface area contributed by atoms with E-state index in [1.54, 1.807) is 6.07 Å². The molecule has 0 radical (unpaired) electrons. The molecule has 7 heteroatoms. The smallest absolute Gasteiger partial charge is 0.273 e. The van der Waals surface area contributed by atoms with Crippen LogP contribution in [0.3, 0.4) is 0 Å². The van der Waals surface area contributed by atoms with Crippen molar-refractivity contribution in [2.24, 2.45) is 5.92 Å². The Balaban J connectivity index is 1.22. The number of ether oxygens (including phenoxy) is 2. The molecule has 3 heterocycles. The number of para-hydroxylation sites is 1. The SMILES string of the molecule is C[C@@H]1CN(Cc2cccc3c2OCO3)C[C@H]1NC(=O)c1cc(C2CC2)on1. The number of hydrogen-bond donors (Lipinski definition) is 1. The minimum atomic E-state index is -0.151.